The van der Waals surface area contributed by atoms with E-state index in [9.17, 15) is 4.79 Å². The van der Waals surface area contributed by atoms with Crippen molar-refractivity contribution in [1.82, 2.24) is 0 Å². The van der Waals surface area contributed by atoms with Gasteiger partial charge in [0.05, 0.1) is 0 Å². The van der Waals surface area contributed by atoms with E-state index < -0.39 is 5.91 Å². The minimum absolute atomic E-state index is 0.436. The Kier molecular flexibility index (Phi) is 4.76. The third kappa shape index (κ3) is 3.59. The topological polar surface area (TPSA) is 81.1 Å². The van der Waals surface area contributed by atoms with Crippen LogP contribution in [0, 0.1) is 0 Å². The van der Waals surface area contributed by atoms with Crippen molar-refractivity contribution in [2.75, 3.05) is 5.32 Å². The van der Waals surface area contributed by atoms with Crippen molar-refractivity contribution in [1.29, 1.82) is 0 Å². The zero-order valence-electron chi connectivity index (χ0n) is 10.9. The molecule has 0 fully saturated rings. The number of rotatable bonds is 5. The standard InChI is InChI=1S/C15H16BrN3O/c16-13-7-12(15(18)20)5-6-14(13)19-9-11-3-1-10(8-17)2-4-11/h1-7,19H,8-9,17H2,(H2,18,20). The smallest absolute Gasteiger partial charge is 0.248 e. The van der Waals surface area contributed by atoms with Gasteiger partial charge in [-0.05, 0) is 45.3 Å². The van der Waals surface area contributed by atoms with E-state index in [1.54, 1.807) is 12.1 Å². The van der Waals surface area contributed by atoms with Crippen molar-refractivity contribution in [3.8, 4) is 0 Å². The highest BCUT2D eigenvalue weighted by Gasteiger charge is 2.05. The quantitative estimate of drug-likeness (QED) is 0.786. The van der Waals surface area contributed by atoms with Gasteiger partial charge in [-0.1, -0.05) is 24.3 Å². The van der Waals surface area contributed by atoms with Gasteiger partial charge < -0.3 is 16.8 Å². The predicted octanol–water partition coefficient (Wildman–Crippen LogP) is 2.62. The first-order chi connectivity index (χ1) is 9.60. The molecule has 5 heteroatoms. The minimum atomic E-state index is -0.436. The summed E-state index contributed by atoms with van der Waals surface area (Å²) in [5, 5.41) is 3.30. The first kappa shape index (κ1) is 14.6. The average molecular weight is 334 g/mol. The SMILES string of the molecule is NCc1ccc(CNc2ccc(C(N)=O)cc2Br)cc1. The molecule has 0 heterocycles. The van der Waals surface area contributed by atoms with Crippen LogP contribution in [0.4, 0.5) is 5.69 Å². The molecule has 5 N–H and O–H groups in total. The van der Waals surface area contributed by atoms with E-state index in [2.05, 4.69) is 21.2 Å². The van der Waals surface area contributed by atoms with Crippen molar-refractivity contribution < 1.29 is 4.79 Å². The Hall–Kier alpha value is -1.85. The Morgan fingerprint density at radius 3 is 2.30 bits per heavy atom. The number of nitrogens with one attached hydrogen (secondary N) is 1. The van der Waals surface area contributed by atoms with E-state index in [-0.39, 0.29) is 0 Å². The van der Waals surface area contributed by atoms with Crippen LogP contribution in [0.1, 0.15) is 21.5 Å². The number of anilines is 1. The maximum absolute atomic E-state index is 11.1. The van der Waals surface area contributed by atoms with Gasteiger partial charge in [0.25, 0.3) is 0 Å². The fourth-order valence-electron chi connectivity index (χ4n) is 1.80. The van der Waals surface area contributed by atoms with Gasteiger partial charge >= 0.3 is 0 Å². The number of carbonyl (C=O) groups excluding carboxylic acids is 1. The summed E-state index contributed by atoms with van der Waals surface area (Å²) in [6.45, 7) is 1.24. The molecule has 0 unspecified atom stereocenters. The third-order valence-electron chi connectivity index (χ3n) is 3.00. The zero-order valence-corrected chi connectivity index (χ0v) is 12.5. The van der Waals surface area contributed by atoms with Gasteiger partial charge in [-0.15, -0.1) is 0 Å². The summed E-state index contributed by atoms with van der Waals surface area (Å²) in [6, 6.07) is 13.4. The summed E-state index contributed by atoms with van der Waals surface area (Å²) in [5.41, 5.74) is 14.5. The number of amides is 1. The van der Waals surface area contributed by atoms with Crippen LogP contribution in [0.3, 0.4) is 0 Å². The fourth-order valence-corrected chi connectivity index (χ4v) is 2.32. The van der Waals surface area contributed by atoms with Gasteiger partial charge in [-0.25, -0.2) is 0 Å². The number of halogens is 1. The summed E-state index contributed by atoms with van der Waals surface area (Å²) >= 11 is 3.42. The van der Waals surface area contributed by atoms with Crippen LogP contribution in [-0.2, 0) is 13.1 Å². The van der Waals surface area contributed by atoms with E-state index in [0.717, 1.165) is 21.3 Å². The van der Waals surface area contributed by atoms with Crippen molar-refractivity contribution in [3.05, 3.63) is 63.6 Å². The first-order valence-electron chi connectivity index (χ1n) is 6.21. The van der Waals surface area contributed by atoms with Crippen LogP contribution < -0.4 is 16.8 Å². The van der Waals surface area contributed by atoms with E-state index in [0.29, 0.717) is 18.7 Å². The van der Waals surface area contributed by atoms with Gasteiger partial charge in [0, 0.05) is 28.8 Å². The molecule has 0 saturated heterocycles. The molecule has 104 valence electrons. The van der Waals surface area contributed by atoms with Crippen molar-refractivity contribution in [2.45, 2.75) is 13.1 Å². The van der Waals surface area contributed by atoms with Gasteiger partial charge in [0.1, 0.15) is 0 Å². The van der Waals surface area contributed by atoms with Crippen LogP contribution >= 0.6 is 15.9 Å². The lowest BCUT2D eigenvalue weighted by Gasteiger charge is -2.10. The lowest BCUT2D eigenvalue weighted by molar-refractivity contribution is 0.100. The molecule has 0 saturated carbocycles. The Balaban J connectivity index is 2.04. The summed E-state index contributed by atoms with van der Waals surface area (Å²) in [7, 11) is 0. The Morgan fingerprint density at radius 1 is 1.10 bits per heavy atom. The number of primary amides is 1. The Morgan fingerprint density at radius 2 is 1.75 bits per heavy atom. The van der Waals surface area contributed by atoms with Gasteiger partial charge in [0.2, 0.25) is 5.91 Å². The third-order valence-corrected chi connectivity index (χ3v) is 3.65. The maximum atomic E-state index is 11.1. The molecule has 0 radical (unpaired) electrons. The molecular weight excluding hydrogens is 318 g/mol. The molecule has 2 rings (SSSR count). The molecule has 0 bridgehead atoms. The second kappa shape index (κ2) is 6.54. The lowest BCUT2D eigenvalue weighted by Crippen LogP contribution is -2.11. The minimum Gasteiger partial charge on any atom is -0.380 e. The average Bonchev–Trinajstić information content (AvgIpc) is 2.46. The van der Waals surface area contributed by atoms with E-state index in [1.165, 1.54) is 0 Å². The van der Waals surface area contributed by atoms with Crippen molar-refractivity contribution >= 4 is 27.5 Å². The number of hydrogen-bond donors (Lipinski definition) is 3. The largest absolute Gasteiger partial charge is 0.380 e. The van der Waals surface area contributed by atoms with Crippen LogP contribution in [0.2, 0.25) is 0 Å². The molecule has 0 aromatic heterocycles. The summed E-state index contributed by atoms with van der Waals surface area (Å²) < 4.78 is 0.812. The number of benzene rings is 2. The van der Waals surface area contributed by atoms with Crippen LogP contribution in [0.15, 0.2) is 46.9 Å². The number of nitrogens with two attached hydrogens (primary N) is 2. The Labute approximate surface area is 126 Å². The van der Waals surface area contributed by atoms with Crippen LogP contribution in [-0.4, -0.2) is 5.91 Å². The van der Waals surface area contributed by atoms with Gasteiger partial charge in [-0.3, -0.25) is 4.79 Å². The van der Waals surface area contributed by atoms with Crippen molar-refractivity contribution in [2.24, 2.45) is 11.5 Å². The monoisotopic (exact) mass is 333 g/mol. The van der Waals surface area contributed by atoms with E-state index in [4.69, 9.17) is 11.5 Å². The zero-order chi connectivity index (χ0) is 14.5. The van der Waals surface area contributed by atoms with Crippen LogP contribution in [0.5, 0.6) is 0 Å². The highest BCUT2D eigenvalue weighted by Crippen LogP contribution is 2.24. The molecular formula is C15H16BrN3O. The summed E-state index contributed by atoms with van der Waals surface area (Å²) in [5.74, 6) is -0.436. The van der Waals surface area contributed by atoms with Crippen LogP contribution in [0.25, 0.3) is 0 Å². The molecule has 0 spiro atoms. The number of carbonyl (C=O) groups is 1. The highest BCUT2D eigenvalue weighted by molar-refractivity contribution is 9.10. The highest BCUT2D eigenvalue weighted by atomic mass is 79.9. The molecule has 2 aromatic carbocycles. The van der Waals surface area contributed by atoms with E-state index in [1.807, 2.05) is 30.3 Å². The fraction of sp³-hybridized carbons (Fsp3) is 0.133. The Bertz CT molecular complexity index is 611. The lowest BCUT2D eigenvalue weighted by atomic mass is 10.1. The predicted molar refractivity (Wildman–Crippen MR) is 84.3 cm³/mol. The van der Waals surface area contributed by atoms with Gasteiger partial charge in [-0.2, -0.15) is 0 Å². The molecule has 4 nitrogen and oxygen atoms in total. The molecule has 0 atom stereocenters. The van der Waals surface area contributed by atoms with Crippen molar-refractivity contribution in [3.63, 3.8) is 0 Å². The molecule has 0 aliphatic carbocycles. The molecule has 0 aliphatic rings. The molecule has 2 aromatic rings. The second-order valence-electron chi connectivity index (χ2n) is 4.43. The normalized spacial score (nSPS) is 10.3. The van der Waals surface area contributed by atoms with E-state index >= 15 is 0 Å². The summed E-state index contributed by atoms with van der Waals surface area (Å²) in [4.78, 5) is 11.1. The number of hydrogen-bond acceptors (Lipinski definition) is 3. The molecule has 1 amide bonds. The summed E-state index contributed by atoms with van der Waals surface area (Å²) in [6.07, 6.45) is 0. The molecule has 20 heavy (non-hydrogen) atoms. The molecule has 0 aliphatic heterocycles. The maximum Gasteiger partial charge on any atom is 0.248 e. The first-order valence-corrected chi connectivity index (χ1v) is 7.00. The second-order valence-corrected chi connectivity index (χ2v) is 5.29. The van der Waals surface area contributed by atoms with Gasteiger partial charge in [0.15, 0.2) is 0 Å².